The van der Waals surface area contributed by atoms with Crippen LogP contribution in [0.3, 0.4) is 0 Å². The summed E-state index contributed by atoms with van der Waals surface area (Å²) in [6.07, 6.45) is -0.526. The van der Waals surface area contributed by atoms with Crippen molar-refractivity contribution in [1.29, 1.82) is 5.26 Å². The molecule has 0 aliphatic rings. The molecule has 4 heteroatoms. The Morgan fingerprint density at radius 3 is 2.62 bits per heavy atom. The quantitative estimate of drug-likeness (QED) is 0.776. The van der Waals surface area contributed by atoms with Crippen LogP contribution in [0.2, 0.25) is 0 Å². The van der Waals surface area contributed by atoms with E-state index in [2.05, 4.69) is 0 Å². The molecule has 0 aromatic heterocycles. The van der Waals surface area contributed by atoms with Crippen molar-refractivity contribution in [2.45, 2.75) is 20.0 Å². The lowest BCUT2D eigenvalue weighted by Crippen LogP contribution is -2.20. The van der Waals surface area contributed by atoms with Gasteiger partial charge < -0.3 is 9.47 Å². The standard InChI is InChI=1S/C12H13NO3/c1-8(14)9(2)16-11-5-4-10(7-13)6-12(11)15-3/h4-6,9H,1-3H3. The van der Waals surface area contributed by atoms with Crippen LogP contribution in [0, 0.1) is 11.3 Å². The number of methoxy groups -OCH3 is 1. The summed E-state index contributed by atoms with van der Waals surface area (Å²) >= 11 is 0. The average molecular weight is 219 g/mol. The van der Waals surface area contributed by atoms with Crippen LogP contribution in [0.15, 0.2) is 18.2 Å². The van der Waals surface area contributed by atoms with E-state index in [1.807, 2.05) is 6.07 Å². The first-order valence-corrected chi connectivity index (χ1v) is 4.83. The van der Waals surface area contributed by atoms with Gasteiger partial charge >= 0.3 is 0 Å². The zero-order valence-corrected chi connectivity index (χ0v) is 9.48. The van der Waals surface area contributed by atoms with E-state index >= 15 is 0 Å². The second-order valence-corrected chi connectivity index (χ2v) is 3.35. The minimum absolute atomic E-state index is 0.0635. The highest BCUT2D eigenvalue weighted by atomic mass is 16.5. The number of carbonyl (C=O) groups is 1. The van der Waals surface area contributed by atoms with Gasteiger partial charge in [0.1, 0.15) is 0 Å². The molecule has 1 aromatic rings. The summed E-state index contributed by atoms with van der Waals surface area (Å²) in [7, 11) is 1.49. The Labute approximate surface area is 94.4 Å². The number of nitrogens with zero attached hydrogens (tertiary/aromatic N) is 1. The minimum atomic E-state index is -0.526. The molecule has 0 N–H and O–H groups in total. The van der Waals surface area contributed by atoms with Gasteiger partial charge in [-0.15, -0.1) is 0 Å². The van der Waals surface area contributed by atoms with Crippen LogP contribution in [-0.4, -0.2) is 19.0 Å². The first-order chi connectivity index (χ1) is 7.58. The molecule has 0 aliphatic heterocycles. The van der Waals surface area contributed by atoms with Crippen LogP contribution in [-0.2, 0) is 4.79 Å². The van der Waals surface area contributed by atoms with Gasteiger partial charge in [0.05, 0.1) is 18.7 Å². The summed E-state index contributed by atoms with van der Waals surface area (Å²) in [4.78, 5) is 11.1. The fourth-order valence-corrected chi connectivity index (χ4v) is 1.11. The number of Topliss-reactive ketones (excluding diaryl/α,β-unsaturated/α-hetero) is 1. The molecule has 0 saturated heterocycles. The number of hydrogen-bond donors (Lipinski definition) is 0. The van der Waals surface area contributed by atoms with Crippen molar-refractivity contribution in [1.82, 2.24) is 0 Å². The number of benzene rings is 1. The van der Waals surface area contributed by atoms with E-state index in [4.69, 9.17) is 14.7 Å². The Hall–Kier alpha value is -2.02. The average Bonchev–Trinajstić information content (AvgIpc) is 2.29. The van der Waals surface area contributed by atoms with Crippen molar-refractivity contribution < 1.29 is 14.3 Å². The van der Waals surface area contributed by atoms with E-state index in [0.717, 1.165) is 0 Å². The van der Waals surface area contributed by atoms with Gasteiger partial charge in [-0.05, 0) is 26.0 Å². The number of nitriles is 1. The largest absolute Gasteiger partial charge is 0.493 e. The second kappa shape index (κ2) is 5.17. The summed E-state index contributed by atoms with van der Waals surface area (Å²) in [6.45, 7) is 3.13. The fourth-order valence-electron chi connectivity index (χ4n) is 1.11. The predicted octanol–water partition coefficient (Wildman–Crippen LogP) is 1.92. The van der Waals surface area contributed by atoms with Crippen molar-refractivity contribution >= 4 is 5.78 Å². The van der Waals surface area contributed by atoms with Crippen LogP contribution in [0.5, 0.6) is 11.5 Å². The molecule has 1 atom stereocenters. The maximum Gasteiger partial charge on any atom is 0.169 e. The first-order valence-electron chi connectivity index (χ1n) is 4.83. The lowest BCUT2D eigenvalue weighted by molar-refractivity contribution is -0.122. The zero-order chi connectivity index (χ0) is 12.1. The van der Waals surface area contributed by atoms with E-state index in [0.29, 0.717) is 17.1 Å². The SMILES string of the molecule is COc1cc(C#N)ccc1OC(C)C(C)=O. The van der Waals surface area contributed by atoms with Crippen LogP contribution >= 0.6 is 0 Å². The van der Waals surface area contributed by atoms with E-state index in [-0.39, 0.29) is 5.78 Å². The van der Waals surface area contributed by atoms with Crippen molar-refractivity contribution in [3.8, 4) is 17.6 Å². The Morgan fingerprint density at radius 1 is 1.44 bits per heavy atom. The molecule has 0 saturated carbocycles. The predicted molar refractivity (Wildman–Crippen MR) is 58.5 cm³/mol. The normalized spacial score (nSPS) is 11.4. The lowest BCUT2D eigenvalue weighted by Gasteiger charge is -2.14. The van der Waals surface area contributed by atoms with Gasteiger partial charge in [-0.1, -0.05) is 0 Å². The molecular formula is C12H13NO3. The molecule has 0 radical (unpaired) electrons. The number of carbonyl (C=O) groups excluding carboxylic acids is 1. The number of ketones is 1. The van der Waals surface area contributed by atoms with E-state index in [9.17, 15) is 4.79 Å². The molecule has 0 heterocycles. The third-order valence-corrected chi connectivity index (χ3v) is 2.17. The maximum absolute atomic E-state index is 11.1. The second-order valence-electron chi connectivity index (χ2n) is 3.35. The first kappa shape index (κ1) is 12.1. The van der Waals surface area contributed by atoms with Crippen molar-refractivity contribution in [3.05, 3.63) is 23.8 Å². The van der Waals surface area contributed by atoms with Gasteiger partial charge in [0.15, 0.2) is 23.4 Å². The zero-order valence-electron chi connectivity index (χ0n) is 9.48. The van der Waals surface area contributed by atoms with Crippen molar-refractivity contribution in [3.63, 3.8) is 0 Å². The van der Waals surface area contributed by atoms with Crippen molar-refractivity contribution in [2.75, 3.05) is 7.11 Å². The minimum Gasteiger partial charge on any atom is -0.493 e. The molecule has 1 unspecified atom stereocenters. The molecule has 1 aromatic carbocycles. The summed E-state index contributed by atoms with van der Waals surface area (Å²) < 4.78 is 10.5. The van der Waals surface area contributed by atoms with Gasteiger partial charge in [-0.2, -0.15) is 5.26 Å². The van der Waals surface area contributed by atoms with Gasteiger partial charge in [0, 0.05) is 6.07 Å². The molecule has 4 nitrogen and oxygen atoms in total. The van der Waals surface area contributed by atoms with E-state index < -0.39 is 6.10 Å². The fraction of sp³-hybridized carbons (Fsp3) is 0.333. The highest BCUT2D eigenvalue weighted by molar-refractivity contribution is 5.80. The Bertz CT molecular complexity index is 434. The number of hydrogen-bond acceptors (Lipinski definition) is 4. The van der Waals surface area contributed by atoms with Gasteiger partial charge in [-0.25, -0.2) is 0 Å². The van der Waals surface area contributed by atoms with Gasteiger partial charge in [-0.3, -0.25) is 4.79 Å². The summed E-state index contributed by atoms with van der Waals surface area (Å²) in [5, 5.41) is 8.72. The molecule has 0 fully saturated rings. The molecule has 1 rings (SSSR count). The third kappa shape index (κ3) is 2.74. The number of ether oxygens (including phenoxy) is 2. The van der Waals surface area contributed by atoms with E-state index in [1.54, 1.807) is 25.1 Å². The van der Waals surface area contributed by atoms with Crippen LogP contribution in [0.25, 0.3) is 0 Å². The summed E-state index contributed by atoms with van der Waals surface area (Å²) in [5.74, 6) is 0.850. The maximum atomic E-state index is 11.1. The van der Waals surface area contributed by atoms with Crippen LogP contribution in [0.4, 0.5) is 0 Å². The smallest absolute Gasteiger partial charge is 0.169 e. The van der Waals surface area contributed by atoms with Gasteiger partial charge in [0.25, 0.3) is 0 Å². The Kier molecular flexibility index (Phi) is 3.90. The molecule has 0 aliphatic carbocycles. The molecule has 0 amide bonds. The Morgan fingerprint density at radius 2 is 2.12 bits per heavy atom. The highest BCUT2D eigenvalue weighted by Crippen LogP contribution is 2.28. The monoisotopic (exact) mass is 219 g/mol. The molecule has 16 heavy (non-hydrogen) atoms. The topological polar surface area (TPSA) is 59.3 Å². The summed E-state index contributed by atoms with van der Waals surface area (Å²) in [5.41, 5.74) is 0.486. The van der Waals surface area contributed by atoms with E-state index in [1.165, 1.54) is 14.0 Å². The highest BCUT2D eigenvalue weighted by Gasteiger charge is 2.13. The van der Waals surface area contributed by atoms with Crippen LogP contribution in [0.1, 0.15) is 19.4 Å². The van der Waals surface area contributed by atoms with Gasteiger partial charge in [0.2, 0.25) is 0 Å². The van der Waals surface area contributed by atoms with Crippen molar-refractivity contribution in [2.24, 2.45) is 0 Å². The lowest BCUT2D eigenvalue weighted by atomic mass is 10.2. The third-order valence-electron chi connectivity index (χ3n) is 2.17. The molecule has 0 bridgehead atoms. The molecular weight excluding hydrogens is 206 g/mol. The summed E-state index contributed by atoms with van der Waals surface area (Å²) in [6, 6.07) is 6.81. The molecule has 84 valence electrons. The Balaban J connectivity index is 2.97. The van der Waals surface area contributed by atoms with Crippen LogP contribution < -0.4 is 9.47 Å². The molecule has 0 spiro atoms. The number of rotatable bonds is 4.